The SMILES string of the molecule is CC(C)NC(=O)CN1CCN(C(=O)c2ccc(Br)o2)CC1. The number of hydrogen-bond donors (Lipinski definition) is 1. The fraction of sp³-hybridized carbons (Fsp3) is 0.571. The Kier molecular flexibility index (Phi) is 5.41. The molecule has 0 aromatic carbocycles. The van der Waals surface area contributed by atoms with E-state index in [4.69, 9.17) is 4.42 Å². The summed E-state index contributed by atoms with van der Waals surface area (Å²) >= 11 is 3.19. The van der Waals surface area contributed by atoms with Crippen molar-refractivity contribution in [2.45, 2.75) is 19.9 Å². The minimum atomic E-state index is -0.105. The summed E-state index contributed by atoms with van der Waals surface area (Å²) in [6.45, 7) is 6.86. The van der Waals surface area contributed by atoms with Gasteiger partial charge in [-0.2, -0.15) is 0 Å². The molecule has 116 valence electrons. The van der Waals surface area contributed by atoms with E-state index in [2.05, 4.69) is 26.1 Å². The molecule has 0 radical (unpaired) electrons. The minimum Gasteiger partial charge on any atom is -0.444 e. The van der Waals surface area contributed by atoms with Gasteiger partial charge in [0.15, 0.2) is 10.4 Å². The van der Waals surface area contributed by atoms with Crippen molar-refractivity contribution in [3.8, 4) is 0 Å². The zero-order chi connectivity index (χ0) is 15.4. The maximum absolute atomic E-state index is 12.2. The zero-order valence-electron chi connectivity index (χ0n) is 12.3. The Bertz CT molecular complexity index is 507. The predicted octanol–water partition coefficient (Wildman–Crippen LogP) is 1.32. The quantitative estimate of drug-likeness (QED) is 0.882. The number of carbonyl (C=O) groups excluding carboxylic acids is 2. The van der Waals surface area contributed by atoms with E-state index in [-0.39, 0.29) is 17.9 Å². The number of carbonyl (C=O) groups is 2. The fourth-order valence-corrected chi connectivity index (χ4v) is 2.57. The molecule has 2 amide bonds. The third-order valence-electron chi connectivity index (χ3n) is 3.26. The standard InChI is InChI=1S/C14H20BrN3O3/c1-10(2)16-13(19)9-17-5-7-18(8-6-17)14(20)11-3-4-12(15)21-11/h3-4,10H,5-9H2,1-2H3,(H,16,19). The van der Waals surface area contributed by atoms with Crippen LogP contribution < -0.4 is 5.32 Å². The van der Waals surface area contributed by atoms with Gasteiger partial charge in [0.2, 0.25) is 5.91 Å². The molecule has 1 aromatic heterocycles. The predicted molar refractivity (Wildman–Crippen MR) is 82.0 cm³/mol. The molecule has 0 bridgehead atoms. The van der Waals surface area contributed by atoms with Crippen molar-refractivity contribution >= 4 is 27.7 Å². The van der Waals surface area contributed by atoms with Crippen LogP contribution in [0.2, 0.25) is 0 Å². The maximum Gasteiger partial charge on any atom is 0.289 e. The van der Waals surface area contributed by atoms with Crippen molar-refractivity contribution in [3.05, 3.63) is 22.6 Å². The summed E-state index contributed by atoms with van der Waals surface area (Å²) in [5, 5.41) is 2.87. The van der Waals surface area contributed by atoms with Crippen LogP contribution in [-0.4, -0.2) is 60.4 Å². The van der Waals surface area contributed by atoms with Crippen LogP contribution in [0.3, 0.4) is 0 Å². The monoisotopic (exact) mass is 357 g/mol. The fourth-order valence-electron chi connectivity index (χ4n) is 2.26. The first-order valence-corrected chi connectivity index (χ1v) is 7.81. The highest BCUT2D eigenvalue weighted by Gasteiger charge is 2.25. The molecule has 7 heteroatoms. The number of rotatable bonds is 4. The Morgan fingerprint density at radius 3 is 2.48 bits per heavy atom. The summed E-state index contributed by atoms with van der Waals surface area (Å²) < 4.78 is 5.83. The molecule has 0 atom stereocenters. The minimum absolute atomic E-state index is 0.0275. The van der Waals surface area contributed by atoms with E-state index in [1.165, 1.54) is 0 Å². The van der Waals surface area contributed by atoms with Gasteiger partial charge in [-0.15, -0.1) is 0 Å². The molecule has 0 unspecified atom stereocenters. The topological polar surface area (TPSA) is 65.8 Å². The van der Waals surface area contributed by atoms with Crippen molar-refractivity contribution in [1.82, 2.24) is 15.1 Å². The first-order valence-electron chi connectivity index (χ1n) is 7.02. The molecule has 0 spiro atoms. The second-order valence-electron chi connectivity index (χ2n) is 5.39. The van der Waals surface area contributed by atoms with Gasteiger partial charge in [0, 0.05) is 32.2 Å². The Morgan fingerprint density at radius 1 is 1.29 bits per heavy atom. The highest BCUT2D eigenvalue weighted by atomic mass is 79.9. The van der Waals surface area contributed by atoms with E-state index in [1.807, 2.05) is 13.8 Å². The number of nitrogens with one attached hydrogen (secondary N) is 1. The lowest BCUT2D eigenvalue weighted by Gasteiger charge is -2.33. The van der Waals surface area contributed by atoms with E-state index in [1.54, 1.807) is 17.0 Å². The third-order valence-corrected chi connectivity index (χ3v) is 3.69. The second-order valence-corrected chi connectivity index (χ2v) is 6.18. The van der Waals surface area contributed by atoms with Crippen LogP contribution in [-0.2, 0) is 4.79 Å². The molecular weight excluding hydrogens is 338 g/mol. The number of hydrogen-bond acceptors (Lipinski definition) is 4. The summed E-state index contributed by atoms with van der Waals surface area (Å²) in [4.78, 5) is 27.7. The van der Waals surface area contributed by atoms with Gasteiger partial charge in [0.25, 0.3) is 5.91 Å². The summed E-state index contributed by atoms with van der Waals surface area (Å²) in [6, 6.07) is 3.52. The summed E-state index contributed by atoms with van der Waals surface area (Å²) in [7, 11) is 0. The van der Waals surface area contributed by atoms with Crippen molar-refractivity contribution < 1.29 is 14.0 Å². The average molecular weight is 358 g/mol. The van der Waals surface area contributed by atoms with E-state index < -0.39 is 0 Å². The summed E-state index contributed by atoms with van der Waals surface area (Å²) in [6.07, 6.45) is 0. The first kappa shape index (κ1) is 16.0. The van der Waals surface area contributed by atoms with E-state index in [0.29, 0.717) is 43.2 Å². The second kappa shape index (κ2) is 7.09. The van der Waals surface area contributed by atoms with E-state index in [9.17, 15) is 9.59 Å². The summed E-state index contributed by atoms with van der Waals surface area (Å²) in [5.74, 6) is 0.264. The molecule has 0 aliphatic carbocycles. The van der Waals surface area contributed by atoms with Gasteiger partial charge in [-0.1, -0.05) is 0 Å². The summed E-state index contributed by atoms with van der Waals surface area (Å²) in [5.41, 5.74) is 0. The highest BCUT2D eigenvalue weighted by Crippen LogP contribution is 2.16. The van der Waals surface area contributed by atoms with Gasteiger partial charge >= 0.3 is 0 Å². The molecule has 0 saturated carbocycles. The van der Waals surface area contributed by atoms with Crippen LogP contribution in [0, 0.1) is 0 Å². The van der Waals surface area contributed by atoms with E-state index >= 15 is 0 Å². The van der Waals surface area contributed by atoms with Crippen molar-refractivity contribution in [1.29, 1.82) is 0 Å². The van der Waals surface area contributed by atoms with Crippen molar-refractivity contribution in [2.24, 2.45) is 0 Å². The smallest absolute Gasteiger partial charge is 0.289 e. The van der Waals surface area contributed by atoms with Crippen LogP contribution in [0.25, 0.3) is 0 Å². The molecule has 1 aromatic rings. The van der Waals surface area contributed by atoms with Gasteiger partial charge in [-0.25, -0.2) is 0 Å². The van der Waals surface area contributed by atoms with Gasteiger partial charge in [-0.3, -0.25) is 14.5 Å². The van der Waals surface area contributed by atoms with Crippen LogP contribution in [0.4, 0.5) is 0 Å². The van der Waals surface area contributed by atoms with Gasteiger partial charge in [0.1, 0.15) is 0 Å². The molecule has 2 rings (SSSR count). The van der Waals surface area contributed by atoms with Crippen LogP contribution in [0.15, 0.2) is 21.2 Å². The average Bonchev–Trinajstić information content (AvgIpc) is 2.84. The Morgan fingerprint density at radius 2 is 1.95 bits per heavy atom. The lowest BCUT2D eigenvalue weighted by atomic mass is 10.2. The highest BCUT2D eigenvalue weighted by molar-refractivity contribution is 9.10. The number of furan rings is 1. The Hall–Kier alpha value is -1.34. The molecule has 21 heavy (non-hydrogen) atoms. The molecule has 1 aliphatic heterocycles. The van der Waals surface area contributed by atoms with E-state index in [0.717, 1.165) is 0 Å². The molecule has 1 saturated heterocycles. The first-order chi connectivity index (χ1) is 9.95. The number of halogens is 1. The number of piperazine rings is 1. The third kappa shape index (κ3) is 4.57. The molecule has 2 heterocycles. The normalized spacial score (nSPS) is 16.3. The lowest BCUT2D eigenvalue weighted by Crippen LogP contribution is -2.51. The molecule has 6 nitrogen and oxygen atoms in total. The molecule has 1 fully saturated rings. The lowest BCUT2D eigenvalue weighted by molar-refractivity contribution is -0.123. The van der Waals surface area contributed by atoms with Crippen molar-refractivity contribution in [2.75, 3.05) is 32.7 Å². The van der Waals surface area contributed by atoms with Gasteiger partial charge < -0.3 is 14.6 Å². The molecular formula is C14H20BrN3O3. The molecule has 1 aliphatic rings. The maximum atomic E-state index is 12.2. The van der Waals surface area contributed by atoms with Crippen LogP contribution in [0.1, 0.15) is 24.4 Å². The zero-order valence-corrected chi connectivity index (χ0v) is 13.9. The Balaban J connectivity index is 1.80. The number of amides is 2. The van der Waals surface area contributed by atoms with Crippen molar-refractivity contribution in [3.63, 3.8) is 0 Å². The van der Waals surface area contributed by atoms with Crippen LogP contribution >= 0.6 is 15.9 Å². The van der Waals surface area contributed by atoms with Crippen LogP contribution in [0.5, 0.6) is 0 Å². The largest absolute Gasteiger partial charge is 0.444 e. The van der Waals surface area contributed by atoms with Gasteiger partial charge in [0.05, 0.1) is 6.54 Å². The van der Waals surface area contributed by atoms with Gasteiger partial charge in [-0.05, 0) is 41.9 Å². The molecule has 1 N–H and O–H groups in total. The Labute approximate surface area is 132 Å². The number of nitrogens with zero attached hydrogens (tertiary/aromatic N) is 2.